The lowest BCUT2D eigenvalue weighted by Crippen LogP contribution is -2.06. The molecule has 18 heavy (non-hydrogen) atoms. The van der Waals surface area contributed by atoms with Crippen molar-refractivity contribution < 1.29 is 4.79 Å². The van der Waals surface area contributed by atoms with E-state index < -0.39 is 0 Å². The lowest BCUT2D eigenvalue weighted by molar-refractivity contribution is 0.0951. The number of hydrogen-bond donors (Lipinski definition) is 0. The predicted octanol–water partition coefficient (Wildman–Crippen LogP) is 4.43. The highest BCUT2D eigenvalue weighted by molar-refractivity contribution is 6.00. The van der Waals surface area contributed by atoms with Crippen molar-refractivity contribution in [3.63, 3.8) is 0 Å². The molecule has 0 aromatic heterocycles. The molecule has 0 radical (unpaired) electrons. The molecule has 0 aliphatic heterocycles. The zero-order valence-corrected chi connectivity index (χ0v) is 11.4. The minimum atomic E-state index is 0.369. The predicted molar refractivity (Wildman–Crippen MR) is 73.8 cm³/mol. The van der Waals surface area contributed by atoms with Crippen LogP contribution in [-0.4, -0.2) is 5.78 Å². The third-order valence-corrected chi connectivity index (χ3v) is 5.09. The summed E-state index contributed by atoms with van der Waals surface area (Å²) >= 11 is 0. The van der Waals surface area contributed by atoms with Gasteiger partial charge >= 0.3 is 0 Å². The fraction of sp³-hybridized carbons (Fsp3) is 0.588. The maximum absolute atomic E-state index is 12.4. The summed E-state index contributed by atoms with van der Waals surface area (Å²) in [6.45, 7) is 4.44. The first-order valence-corrected chi connectivity index (χ1v) is 7.36. The molecule has 2 fully saturated rings. The summed E-state index contributed by atoms with van der Waals surface area (Å²) in [4.78, 5) is 12.4. The minimum absolute atomic E-state index is 0.369. The molecule has 2 saturated carbocycles. The highest BCUT2D eigenvalue weighted by atomic mass is 16.1. The monoisotopic (exact) mass is 242 g/mol. The van der Waals surface area contributed by atoms with Gasteiger partial charge in [0, 0.05) is 11.5 Å². The summed E-state index contributed by atoms with van der Waals surface area (Å²) in [6, 6.07) is 8.36. The van der Waals surface area contributed by atoms with Crippen LogP contribution in [0.15, 0.2) is 24.3 Å². The van der Waals surface area contributed by atoms with E-state index in [1.165, 1.54) is 24.8 Å². The first-order valence-electron chi connectivity index (χ1n) is 7.36. The van der Waals surface area contributed by atoms with Crippen molar-refractivity contribution in [3.05, 3.63) is 35.4 Å². The summed E-state index contributed by atoms with van der Waals surface area (Å²) in [5, 5.41) is 0. The van der Waals surface area contributed by atoms with E-state index in [9.17, 15) is 4.79 Å². The Kier molecular flexibility index (Phi) is 3.01. The number of Topliss-reactive ketones (excluding diaryl/α,β-unsaturated/α-hetero) is 1. The van der Waals surface area contributed by atoms with Crippen LogP contribution < -0.4 is 0 Å². The number of fused-ring (bicyclic) bond motifs is 1. The maximum Gasteiger partial charge on any atom is 0.166 e. The minimum Gasteiger partial charge on any atom is -0.294 e. The first kappa shape index (κ1) is 12.0. The Morgan fingerprint density at radius 2 is 1.83 bits per heavy atom. The van der Waals surface area contributed by atoms with Gasteiger partial charge in [0.2, 0.25) is 0 Å². The molecule has 1 aromatic rings. The van der Waals surface area contributed by atoms with Gasteiger partial charge in [-0.2, -0.15) is 0 Å². The summed E-state index contributed by atoms with van der Waals surface area (Å²) < 4.78 is 0. The van der Waals surface area contributed by atoms with Crippen molar-refractivity contribution in [2.45, 2.75) is 45.4 Å². The van der Waals surface area contributed by atoms with E-state index in [-0.39, 0.29) is 0 Å². The summed E-state index contributed by atoms with van der Waals surface area (Å²) in [5.74, 6) is 2.82. The second-order valence-electron chi connectivity index (χ2n) is 6.08. The molecule has 1 aromatic carbocycles. The Labute approximate surface area is 110 Å². The quantitative estimate of drug-likeness (QED) is 0.714. The van der Waals surface area contributed by atoms with Crippen molar-refractivity contribution in [2.75, 3.05) is 0 Å². The van der Waals surface area contributed by atoms with E-state index in [4.69, 9.17) is 0 Å². The van der Waals surface area contributed by atoms with E-state index in [0.717, 1.165) is 23.8 Å². The van der Waals surface area contributed by atoms with E-state index in [1.807, 2.05) is 12.1 Å². The average Bonchev–Trinajstić information content (AvgIpc) is 2.89. The van der Waals surface area contributed by atoms with Gasteiger partial charge in [-0.25, -0.2) is 0 Å². The lowest BCUT2D eigenvalue weighted by Gasteiger charge is -2.09. The third kappa shape index (κ3) is 1.90. The van der Waals surface area contributed by atoms with E-state index in [2.05, 4.69) is 26.0 Å². The molecule has 96 valence electrons. The Bertz CT molecular complexity index is 435. The smallest absolute Gasteiger partial charge is 0.166 e. The standard InChI is InChI=1S/C17H22O/c1-3-11(2)12-7-9-13(10-8-12)17(18)16-14-5-4-6-15(14)16/h7-11,14-16H,3-6H2,1-2H3. The zero-order valence-electron chi connectivity index (χ0n) is 11.4. The summed E-state index contributed by atoms with van der Waals surface area (Å²) in [7, 11) is 0. The van der Waals surface area contributed by atoms with E-state index >= 15 is 0 Å². The van der Waals surface area contributed by atoms with Gasteiger partial charge in [-0.3, -0.25) is 4.79 Å². The van der Waals surface area contributed by atoms with Crippen LogP contribution in [0.2, 0.25) is 0 Å². The average molecular weight is 242 g/mol. The van der Waals surface area contributed by atoms with Gasteiger partial charge in [-0.15, -0.1) is 0 Å². The van der Waals surface area contributed by atoms with Crippen LogP contribution in [0, 0.1) is 17.8 Å². The topological polar surface area (TPSA) is 17.1 Å². The Balaban J connectivity index is 1.71. The van der Waals surface area contributed by atoms with Gasteiger partial charge in [0.05, 0.1) is 0 Å². The summed E-state index contributed by atoms with van der Waals surface area (Å²) in [5.41, 5.74) is 2.28. The van der Waals surface area contributed by atoms with Gasteiger partial charge in [0.15, 0.2) is 5.78 Å². The Morgan fingerprint density at radius 1 is 1.22 bits per heavy atom. The molecule has 3 atom stereocenters. The van der Waals surface area contributed by atoms with Gasteiger partial charge in [-0.1, -0.05) is 44.5 Å². The number of rotatable bonds is 4. The van der Waals surface area contributed by atoms with Crippen LogP contribution in [0.4, 0.5) is 0 Å². The molecule has 0 amide bonds. The van der Waals surface area contributed by atoms with Crippen LogP contribution in [0.25, 0.3) is 0 Å². The summed E-state index contributed by atoms with van der Waals surface area (Å²) in [6.07, 6.45) is 5.06. The van der Waals surface area contributed by atoms with Gasteiger partial charge in [-0.05, 0) is 42.6 Å². The van der Waals surface area contributed by atoms with Crippen molar-refractivity contribution >= 4 is 5.78 Å². The molecule has 3 rings (SSSR count). The van der Waals surface area contributed by atoms with Crippen molar-refractivity contribution in [2.24, 2.45) is 17.8 Å². The molecule has 1 nitrogen and oxygen atoms in total. The number of hydrogen-bond acceptors (Lipinski definition) is 1. The largest absolute Gasteiger partial charge is 0.294 e. The number of carbonyl (C=O) groups excluding carboxylic acids is 1. The molecule has 0 N–H and O–H groups in total. The molecule has 0 heterocycles. The molecule has 0 spiro atoms. The van der Waals surface area contributed by atoms with Gasteiger partial charge in [0.25, 0.3) is 0 Å². The second-order valence-corrected chi connectivity index (χ2v) is 6.08. The third-order valence-electron chi connectivity index (χ3n) is 5.09. The second kappa shape index (κ2) is 4.53. The van der Waals surface area contributed by atoms with Gasteiger partial charge in [0.1, 0.15) is 0 Å². The molecule has 2 aliphatic carbocycles. The van der Waals surface area contributed by atoms with E-state index in [0.29, 0.717) is 17.6 Å². The van der Waals surface area contributed by atoms with Crippen molar-refractivity contribution in [1.82, 2.24) is 0 Å². The highest BCUT2D eigenvalue weighted by Crippen LogP contribution is 2.58. The Morgan fingerprint density at radius 3 is 2.39 bits per heavy atom. The molecule has 0 saturated heterocycles. The van der Waals surface area contributed by atoms with Gasteiger partial charge < -0.3 is 0 Å². The Hall–Kier alpha value is -1.11. The fourth-order valence-corrected chi connectivity index (χ4v) is 3.61. The van der Waals surface area contributed by atoms with Crippen LogP contribution in [0.5, 0.6) is 0 Å². The maximum atomic E-state index is 12.4. The van der Waals surface area contributed by atoms with Crippen molar-refractivity contribution in [3.8, 4) is 0 Å². The van der Waals surface area contributed by atoms with Crippen LogP contribution >= 0.6 is 0 Å². The van der Waals surface area contributed by atoms with Crippen LogP contribution in [-0.2, 0) is 0 Å². The molecule has 0 bridgehead atoms. The normalized spacial score (nSPS) is 30.9. The van der Waals surface area contributed by atoms with Crippen LogP contribution in [0.3, 0.4) is 0 Å². The SMILES string of the molecule is CCC(C)c1ccc(C(=O)C2C3CCCC32)cc1. The van der Waals surface area contributed by atoms with Crippen LogP contribution in [0.1, 0.15) is 61.4 Å². The molecule has 3 unspecified atom stereocenters. The molecular weight excluding hydrogens is 220 g/mol. The number of ketones is 1. The van der Waals surface area contributed by atoms with E-state index in [1.54, 1.807) is 0 Å². The molecular formula is C17H22O. The molecule has 2 aliphatic rings. The fourth-order valence-electron chi connectivity index (χ4n) is 3.61. The molecule has 1 heteroatoms. The highest BCUT2D eigenvalue weighted by Gasteiger charge is 2.56. The lowest BCUT2D eigenvalue weighted by atomic mass is 9.95. The number of carbonyl (C=O) groups is 1. The number of benzene rings is 1. The first-order chi connectivity index (χ1) is 8.72. The zero-order chi connectivity index (χ0) is 12.7. The van der Waals surface area contributed by atoms with Crippen molar-refractivity contribution in [1.29, 1.82) is 0 Å².